The standard InChI is InChI=1S/C23H23N5O4/c1-23(2,3)32-21(30)25-19(16-10-6-4-7-11-16)15-27-20(29)18(14-24)26-28(22(27)31)17-12-8-5-9-13-17/h4-13,19H,15H2,1-3H3,(H,25,30). The fraction of sp³-hybridized carbons (Fsp3) is 0.261. The lowest BCUT2D eigenvalue weighted by Gasteiger charge is -2.24. The molecule has 9 nitrogen and oxygen atoms in total. The van der Waals surface area contributed by atoms with Crippen LogP contribution in [-0.4, -0.2) is 26.0 Å². The number of benzene rings is 2. The Morgan fingerprint density at radius 2 is 1.69 bits per heavy atom. The Balaban J connectivity index is 2.08. The lowest BCUT2D eigenvalue weighted by atomic mass is 10.1. The molecule has 0 radical (unpaired) electrons. The number of nitrogens with zero attached hydrogens (tertiary/aromatic N) is 4. The van der Waals surface area contributed by atoms with Crippen molar-refractivity contribution < 1.29 is 9.53 Å². The molecule has 1 unspecified atom stereocenters. The number of amides is 1. The van der Waals surface area contributed by atoms with Gasteiger partial charge in [0.2, 0.25) is 5.69 Å². The second-order valence-electron chi connectivity index (χ2n) is 8.02. The van der Waals surface area contributed by atoms with Crippen molar-refractivity contribution >= 4 is 6.09 Å². The maximum Gasteiger partial charge on any atom is 0.408 e. The highest BCUT2D eigenvalue weighted by Gasteiger charge is 2.23. The SMILES string of the molecule is CC(C)(C)OC(=O)NC(Cn1c(=O)c(C#N)nn(-c2ccccc2)c1=O)c1ccccc1. The van der Waals surface area contributed by atoms with E-state index < -0.39 is 34.7 Å². The van der Waals surface area contributed by atoms with Gasteiger partial charge >= 0.3 is 11.8 Å². The number of ether oxygens (including phenoxy) is 1. The molecule has 1 N–H and O–H groups in total. The van der Waals surface area contributed by atoms with Crippen LogP contribution in [0.25, 0.3) is 5.69 Å². The molecule has 32 heavy (non-hydrogen) atoms. The predicted octanol–water partition coefficient (Wildman–Crippen LogP) is 2.53. The maximum absolute atomic E-state index is 13.1. The van der Waals surface area contributed by atoms with Gasteiger partial charge in [-0.2, -0.15) is 9.94 Å². The summed E-state index contributed by atoms with van der Waals surface area (Å²) in [5, 5.41) is 16.0. The van der Waals surface area contributed by atoms with E-state index in [1.54, 1.807) is 81.4 Å². The molecule has 1 amide bonds. The maximum atomic E-state index is 13.1. The molecule has 0 saturated heterocycles. The van der Waals surface area contributed by atoms with Gasteiger partial charge in [-0.05, 0) is 38.5 Å². The van der Waals surface area contributed by atoms with E-state index in [-0.39, 0.29) is 6.54 Å². The van der Waals surface area contributed by atoms with Gasteiger partial charge < -0.3 is 10.1 Å². The van der Waals surface area contributed by atoms with E-state index in [1.807, 2.05) is 6.07 Å². The lowest BCUT2D eigenvalue weighted by Crippen LogP contribution is -2.46. The van der Waals surface area contributed by atoms with Crippen molar-refractivity contribution in [1.29, 1.82) is 5.26 Å². The number of aromatic nitrogens is 3. The van der Waals surface area contributed by atoms with Crippen LogP contribution in [-0.2, 0) is 11.3 Å². The summed E-state index contributed by atoms with van der Waals surface area (Å²) in [6.07, 6.45) is -0.697. The van der Waals surface area contributed by atoms with E-state index in [0.29, 0.717) is 11.3 Å². The molecule has 0 bridgehead atoms. The van der Waals surface area contributed by atoms with Gasteiger partial charge in [0.15, 0.2) is 0 Å². The molecule has 2 aromatic carbocycles. The topological polar surface area (TPSA) is 119 Å². The molecule has 1 aromatic heterocycles. The summed E-state index contributed by atoms with van der Waals surface area (Å²) in [7, 11) is 0. The predicted molar refractivity (Wildman–Crippen MR) is 117 cm³/mol. The second kappa shape index (κ2) is 9.31. The molecule has 0 saturated carbocycles. The summed E-state index contributed by atoms with van der Waals surface area (Å²) in [5.74, 6) is 0. The number of alkyl carbamates (subject to hydrolysis) is 1. The first-order chi connectivity index (χ1) is 15.2. The Hall–Kier alpha value is -4.19. The fourth-order valence-electron chi connectivity index (χ4n) is 3.04. The summed E-state index contributed by atoms with van der Waals surface area (Å²) in [6, 6.07) is 18.3. The van der Waals surface area contributed by atoms with Crippen LogP contribution in [0.4, 0.5) is 4.79 Å². The number of carbonyl (C=O) groups excluding carboxylic acids is 1. The van der Waals surface area contributed by atoms with Gasteiger partial charge in [0.1, 0.15) is 11.7 Å². The van der Waals surface area contributed by atoms with Crippen molar-refractivity contribution in [3.8, 4) is 11.8 Å². The van der Waals surface area contributed by atoms with E-state index in [2.05, 4.69) is 10.4 Å². The molecule has 1 heterocycles. The Labute approximate surface area is 184 Å². The minimum atomic E-state index is -0.836. The van der Waals surface area contributed by atoms with Gasteiger partial charge in [0, 0.05) is 0 Å². The summed E-state index contributed by atoms with van der Waals surface area (Å²) in [5.41, 5.74) is -1.67. The number of rotatable bonds is 5. The molecule has 3 rings (SSSR count). The summed E-state index contributed by atoms with van der Waals surface area (Å²) in [6.45, 7) is 4.98. The van der Waals surface area contributed by atoms with Crippen molar-refractivity contribution in [3.63, 3.8) is 0 Å². The molecular weight excluding hydrogens is 410 g/mol. The van der Waals surface area contributed by atoms with Crippen LogP contribution in [0.2, 0.25) is 0 Å². The summed E-state index contributed by atoms with van der Waals surface area (Å²) < 4.78 is 7.23. The van der Waals surface area contributed by atoms with Gasteiger partial charge in [0.25, 0.3) is 5.56 Å². The van der Waals surface area contributed by atoms with E-state index in [0.717, 1.165) is 9.25 Å². The highest BCUT2D eigenvalue weighted by atomic mass is 16.6. The monoisotopic (exact) mass is 433 g/mol. The van der Waals surface area contributed by atoms with Gasteiger partial charge in [0.05, 0.1) is 18.3 Å². The van der Waals surface area contributed by atoms with Crippen LogP contribution < -0.4 is 16.6 Å². The number of hydrogen-bond acceptors (Lipinski definition) is 6. The molecule has 0 fully saturated rings. The smallest absolute Gasteiger partial charge is 0.408 e. The quantitative estimate of drug-likeness (QED) is 0.660. The lowest BCUT2D eigenvalue weighted by molar-refractivity contribution is 0.0497. The number of nitriles is 1. The van der Waals surface area contributed by atoms with Gasteiger partial charge in [-0.25, -0.2) is 9.59 Å². The fourth-order valence-corrected chi connectivity index (χ4v) is 3.04. The zero-order chi connectivity index (χ0) is 23.3. The Morgan fingerprint density at radius 1 is 1.09 bits per heavy atom. The molecule has 0 aliphatic heterocycles. The van der Waals surface area contributed by atoms with Crippen molar-refractivity contribution in [1.82, 2.24) is 19.7 Å². The molecule has 3 aromatic rings. The number of carbonyl (C=O) groups is 1. The van der Waals surface area contributed by atoms with Gasteiger partial charge in [-0.1, -0.05) is 48.5 Å². The third-order valence-corrected chi connectivity index (χ3v) is 4.42. The van der Waals surface area contributed by atoms with Crippen molar-refractivity contribution in [2.24, 2.45) is 0 Å². The first-order valence-corrected chi connectivity index (χ1v) is 9.94. The normalized spacial score (nSPS) is 11.9. The molecule has 0 aliphatic rings. The van der Waals surface area contributed by atoms with Crippen molar-refractivity contribution in [2.75, 3.05) is 0 Å². The van der Waals surface area contributed by atoms with E-state index in [1.165, 1.54) is 0 Å². The average molecular weight is 433 g/mol. The van der Waals surface area contributed by atoms with Crippen molar-refractivity contribution in [3.05, 3.63) is 92.8 Å². The average Bonchev–Trinajstić information content (AvgIpc) is 2.76. The summed E-state index contributed by atoms with van der Waals surface area (Å²) in [4.78, 5) is 38.4. The first kappa shape index (κ1) is 22.5. The number of hydrogen-bond donors (Lipinski definition) is 1. The molecule has 164 valence electrons. The molecule has 0 spiro atoms. The minimum Gasteiger partial charge on any atom is -0.444 e. The molecule has 1 atom stereocenters. The Kier molecular flexibility index (Phi) is 6.54. The molecule has 9 heteroatoms. The van der Waals surface area contributed by atoms with Crippen LogP contribution in [0.3, 0.4) is 0 Å². The van der Waals surface area contributed by atoms with Gasteiger partial charge in [-0.15, -0.1) is 5.10 Å². The Bertz CT molecular complexity index is 1250. The van der Waals surface area contributed by atoms with Crippen LogP contribution in [0.5, 0.6) is 0 Å². The molecular formula is C23H23N5O4. The molecule has 0 aliphatic carbocycles. The zero-order valence-corrected chi connectivity index (χ0v) is 18.0. The first-order valence-electron chi connectivity index (χ1n) is 9.94. The van der Waals surface area contributed by atoms with Crippen LogP contribution in [0.1, 0.15) is 38.1 Å². The van der Waals surface area contributed by atoms with Gasteiger partial charge in [-0.3, -0.25) is 9.36 Å². The number of nitrogens with one attached hydrogen (secondary N) is 1. The third kappa shape index (κ3) is 5.29. The number of para-hydroxylation sites is 1. The minimum absolute atomic E-state index is 0.217. The highest BCUT2D eigenvalue weighted by molar-refractivity contribution is 5.68. The zero-order valence-electron chi connectivity index (χ0n) is 18.0. The van der Waals surface area contributed by atoms with E-state index in [4.69, 9.17) is 4.74 Å². The largest absolute Gasteiger partial charge is 0.444 e. The van der Waals surface area contributed by atoms with E-state index in [9.17, 15) is 19.6 Å². The van der Waals surface area contributed by atoms with Crippen LogP contribution in [0.15, 0.2) is 70.3 Å². The Morgan fingerprint density at radius 3 is 2.25 bits per heavy atom. The van der Waals surface area contributed by atoms with E-state index >= 15 is 0 Å². The van der Waals surface area contributed by atoms with Crippen molar-refractivity contribution in [2.45, 2.75) is 39.0 Å². The highest BCUT2D eigenvalue weighted by Crippen LogP contribution is 2.16. The second-order valence-corrected chi connectivity index (χ2v) is 8.02. The van der Waals surface area contributed by atoms with Crippen LogP contribution in [0, 0.1) is 11.3 Å². The van der Waals surface area contributed by atoms with Crippen LogP contribution >= 0.6 is 0 Å². The summed E-state index contributed by atoms with van der Waals surface area (Å²) >= 11 is 0. The third-order valence-electron chi connectivity index (χ3n) is 4.42.